The van der Waals surface area contributed by atoms with E-state index in [2.05, 4.69) is 11.4 Å². The zero-order chi connectivity index (χ0) is 15.9. The molecule has 0 aliphatic rings. The van der Waals surface area contributed by atoms with Crippen molar-refractivity contribution in [3.63, 3.8) is 0 Å². The number of aliphatic hydroxyl groups is 1. The second-order valence-corrected chi connectivity index (χ2v) is 5.74. The quantitative estimate of drug-likeness (QED) is 0.767. The van der Waals surface area contributed by atoms with Gasteiger partial charge in [0.1, 0.15) is 11.6 Å². The molecule has 1 atom stereocenters. The Morgan fingerprint density at radius 1 is 1.23 bits per heavy atom. The standard InChI is InChI=1S/C17H20FNO2S/c1-21-16-8-3-12(9-17(16)22-2)10-19-11-15(20)13-4-6-14(18)7-5-13/h3-9,15,19-20H,10-11H2,1-2H3. The second kappa shape index (κ2) is 8.17. The van der Waals surface area contributed by atoms with E-state index in [1.165, 1.54) is 12.1 Å². The Balaban J connectivity index is 1.89. The molecule has 0 radical (unpaired) electrons. The van der Waals surface area contributed by atoms with Crippen LogP contribution < -0.4 is 10.1 Å². The van der Waals surface area contributed by atoms with Gasteiger partial charge in [0.2, 0.25) is 0 Å². The van der Waals surface area contributed by atoms with Crippen molar-refractivity contribution < 1.29 is 14.2 Å². The minimum absolute atomic E-state index is 0.299. The smallest absolute Gasteiger partial charge is 0.132 e. The lowest BCUT2D eigenvalue weighted by Gasteiger charge is -2.13. The van der Waals surface area contributed by atoms with E-state index in [1.54, 1.807) is 31.0 Å². The average Bonchev–Trinajstić information content (AvgIpc) is 2.55. The Hall–Kier alpha value is -1.56. The summed E-state index contributed by atoms with van der Waals surface area (Å²) >= 11 is 1.63. The lowest BCUT2D eigenvalue weighted by atomic mass is 10.1. The van der Waals surface area contributed by atoms with Crippen molar-refractivity contribution >= 4 is 11.8 Å². The third-order valence-electron chi connectivity index (χ3n) is 3.37. The van der Waals surface area contributed by atoms with Crippen LogP contribution in [0.3, 0.4) is 0 Å². The topological polar surface area (TPSA) is 41.5 Å². The minimum atomic E-state index is -0.654. The maximum atomic E-state index is 12.8. The molecule has 0 saturated heterocycles. The highest BCUT2D eigenvalue weighted by molar-refractivity contribution is 7.98. The molecule has 5 heteroatoms. The van der Waals surface area contributed by atoms with E-state index in [1.807, 2.05) is 18.4 Å². The van der Waals surface area contributed by atoms with Gasteiger partial charge in [0.25, 0.3) is 0 Å². The molecular weight excluding hydrogens is 301 g/mol. The molecule has 2 N–H and O–H groups in total. The van der Waals surface area contributed by atoms with E-state index < -0.39 is 6.10 Å². The van der Waals surface area contributed by atoms with Crippen molar-refractivity contribution in [1.29, 1.82) is 0 Å². The number of halogens is 1. The number of hydrogen-bond acceptors (Lipinski definition) is 4. The lowest BCUT2D eigenvalue weighted by Crippen LogP contribution is -2.21. The van der Waals surface area contributed by atoms with Gasteiger partial charge in [-0.25, -0.2) is 4.39 Å². The van der Waals surface area contributed by atoms with Crippen LogP contribution in [0.4, 0.5) is 4.39 Å². The fourth-order valence-corrected chi connectivity index (χ4v) is 2.77. The molecular formula is C17H20FNO2S. The van der Waals surface area contributed by atoms with Crippen molar-refractivity contribution in [3.05, 3.63) is 59.4 Å². The van der Waals surface area contributed by atoms with Gasteiger partial charge in [0.05, 0.1) is 13.2 Å². The Labute approximate surface area is 134 Å². The van der Waals surface area contributed by atoms with Crippen molar-refractivity contribution in [2.24, 2.45) is 0 Å². The van der Waals surface area contributed by atoms with E-state index in [9.17, 15) is 9.50 Å². The molecule has 22 heavy (non-hydrogen) atoms. The van der Waals surface area contributed by atoms with Gasteiger partial charge >= 0.3 is 0 Å². The predicted octanol–water partition coefficient (Wildman–Crippen LogP) is 3.38. The van der Waals surface area contributed by atoms with E-state index >= 15 is 0 Å². The fraction of sp³-hybridized carbons (Fsp3) is 0.294. The number of aliphatic hydroxyl groups excluding tert-OH is 1. The Morgan fingerprint density at radius 2 is 1.95 bits per heavy atom. The molecule has 0 amide bonds. The monoisotopic (exact) mass is 321 g/mol. The maximum absolute atomic E-state index is 12.8. The Bertz CT molecular complexity index is 604. The van der Waals surface area contributed by atoms with E-state index in [-0.39, 0.29) is 5.82 Å². The second-order valence-electron chi connectivity index (χ2n) is 4.89. The summed E-state index contributed by atoms with van der Waals surface area (Å²) in [6, 6.07) is 11.9. The van der Waals surface area contributed by atoms with Crippen molar-refractivity contribution in [3.8, 4) is 5.75 Å². The molecule has 0 heterocycles. The highest BCUT2D eigenvalue weighted by Gasteiger charge is 2.08. The minimum Gasteiger partial charge on any atom is -0.496 e. The fourth-order valence-electron chi connectivity index (χ4n) is 2.15. The molecule has 118 valence electrons. The molecule has 2 aromatic carbocycles. The van der Waals surface area contributed by atoms with Gasteiger partial charge in [0.15, 0.2) is 0 Å². The number of thioether (sulfide) groups is 1. The van der Waals surface area contributed by atoms with Crippen LogP contribution in [-0.2, 0) is 6.54 Å². The number of hydrogen-bond donors (Lipinski definition) is 2. The molecule has 2 aromatic rings. The third kappa shape index (κ3) is 4.47. The molecule has 0 bridgehead atoms. The summed E-state index contributed by atoms with van der Waals surface area (Å²) in [4.78, 5) is 1.08. The normalized spacial score (nSPS) is 12.2. The van der Waals surface area contributed by atoms with Crippen LogP contribution in [0.5, 0.6) is 5.75 Å². The van der Waals surface area contributed by atoms with Crippen molar-refractivity contribution in [2.75, 3.05) is 19.9 Å². The first-order valence-electron chi connectivity index (χ1n) is 6.99. The number of methoxy groups -OCH3 is 1. The molecule has 0 aliphatic heterocycles. The Kier molecular flexibility index (Phi) is 6.24. The molecule has 2 rings (SSSR count). The molecule has 0 fully saturated rings. The molecule has 0 aromatic heterocycles. The Morgan fingerprint density at radius 3 is 2.59 bits per heavy atom. The first kappa shape index (κ1) is 16.8. The lowest BCUT2D eigenvalue weighted by molar-refractivity contribution is 0.174. The SMILES string of the molecule is COc1ccc(CNCC(O)c2ccc(F)cc2)cc1SC. The van der Waals surface area contributed by atoms with Crippen molar-refractivity contribution in [2.45, 2.75) is 17.5 Å². The van der Waals surface area contributed by atoms with Gasteiger partial charge in [-0.1, -0.05) is 18.2 Å². The summed E-state index contributed by atoms with van der Waals surface area (Å²) in [5, 5.41) is 13.3. The van der Waals surface area contributed by atoms with E-state index in [0.29, 0.717) is 18.7 Å². The zero-order valence-corrected chi connectivity index (χ0v) is 13.5. The van der Waals surface area contributed by atoms with Gasteiger partial charge in [-0.2, -0.15) is 0 Å². The molecule has 0 spiro atoms. The zero-order valence-electron chi connectivity index (χ0n) is 12.7. The van der Waals surface area contributed by atoms with Gasteiger partial charge in [-0.05, 0) is 41.6 Å². The highest BCUT2D eigenvalue weighted by Crippen LogP contribution is 2.28. The summed E-state index contributed by atoms with van der Waals surface area (Å²) < 4.78 is 18.1. The van der Waals surface area contributed by atoms with Crippen molar-refractivity contribution in [1.82, 2.24) is 5.32 Å². The van der Waals surface area contributed by atoms with Crippen LogP contribution in [0, 0.1) is 5.82 Å². The number of ether oxygens (including phenoxy) is 1. The van der Waals surface area contributed by atoms with E-state index in [0.717, 1.165) is 16.2 Å². The highest BCUT2D eigenvalue weighted by atomic mass is 32.2. The van der Waals surface area contributed by atoms with Crippen LogP contribution in [-0.4, -0.2) is 25.0 Å². The third-order valence-corrected chi connectivity index (χ3v) is 4.13. The summed E-state index contributed by atoms with van der Waals surface area (Å²) in [6.07, 6.45) is 1.35. The van der Waals surface area contributed by atoms with Crippen LogP contribution >= 0.6 is 11.8 Å². The molecule has 0 saturated carbocycles. The van der Waals surface area contributed by atoms with E-state index in [4.69, 9.17) is 4.74 Å². The molecule has 1 unspecified atom stereocenters. The summed E-state index contributed by atoms with van der Waals surface area (Å²) in [5.41, 5.74) is 1.82. The van der Waals surface area contributed by atoms with Crippen LogP contribution in [0.1, 0.15) is 17.2 Å². The first-order chi connectivity index (χ1) is 10.6. The predicted molar refractivity (Wildman–Crippen MR) is 87.8 cm³/mol. The van der Waals surface area contributed by atoms with Gasteiger partial charge in [0, 0.05) is 18.0 Å². The average molecular weight is 321 g/mol. The van der Waals surface area contributed by atoms with Crippen LogP contribution in [0.2, 0.25) is 0 Å². The summed E-state index contributed by atoms with van der Waals surface area (Å²) in [7, 11) is 1.66. The van der Waals surface area contributed by atoms with Crippen LogP contribution in [0.25, 0.3) is 0 Å². The van der Waals surface area contributed by atoms with Crippen LogP contribution in [0.15, 0.2) is 47.4 Å². The number of rotatable bonds is 7. The van der Waals surface area contributed by atoms with Gasteiger partial charge < -0.3 is 15.2 Å². The first-order valence-corrected chi connectivity index (χ1v) is 8.21. The molecule has 3 nitrogen and oxygen atoms in total. The number of nitrogens with one attached hydrogen (secondary N) is 1. The summed E-state index contributed by atoms with van der Waals surface area (Å²) in [5.74, 6) is 0.564. The van der Waals surface area contributed by atoms with Gasteiger partial charge in [-0.15, -0.1) is 11.8 Å². The maximum Gasteiger partial charge on any atom is 0.132 e. The summed E-state index contributed by atoms with van der Waals surface area (Å²) in [6.45, 7) is 1.06. The van der Waals surface area contributed by atoms with Gasteiger partial charge in [-0.3, -0.25) is 0 Å². The number of benzene rings is 2. The largest absolute Gasteiger partial charge is 0.496 e. The molecule has 0 aliphatic carbocycles.